The Morgan fingerprint density at radius 2 is 0.724 bits per heavy atom. The summed E-state index contributed by atoms with van der Waals surface area (Å²) >= 11 is 0. The first-order chi connectivity index (χ1) is 12.5. The van der Waals surface area contributed by atoms with E-state index in [4.69, 9.17) is 32.5 Å². The summed E-state index contributed by atoms with van der Waals surface area (Å²) in [7, 11) is 0. The second-order valence-corrected chi connectivity index (χ2v) is 3.93. The van der Waals surface area contributed by atoms with Crippen molar-refractivity contribution in [1.29, 1.82) is 0 Å². The topological polar surface area (TPSA) is 271 Å². The summed E-state index contributed by atoms with van der Waals surface area (Å²) in [4.78, 5) is 59.9. The van der Waals surface area contributed by atoms with E-state index in [1.54, 1.807) is 0 Å². The van der Waals surface area contributed by atoms with Crippen molar-refractivity contribution in [3.63, 3.8) is 0 Å². The molecular formula is C12H21N6NaNiO9. The molecule has 0 radical (unpaired) electrons. The minimum absolute atomic E-state index is 0. The van der Waals surface area contributed by atoms with Crippen LogP contribution in [-0.2, 0) is 45.3 Å². The fraction of sp³-hybridized carbons (Fsp3) is 0.500. The maximum Gasteiger partial charge on any atom is 2.00 e. The summed E-state index contributed by atoms with van der Waals surface area (Å²) in [5.74, 6) is -6.81. The minimum Gasteiger partial charge on any atom is -0.659 e. The zero-order valence-corrected chi connectivity index (χ0v) is 18.3. The molecule has 6 amide bonds. The van der Waals surface area contributed by atoms with E-state index in [9.17, 15) is 28.8 Å². The molecule has 0 saturated heterocycles. The fourth-order valence-electron chi connectivity index (χ4n) is 0.749. The van der Waals surface area contributed by atoms with Crippen molar-refractivity contribution >= 4 is 35.4 Å². The summed E-state index contributed by atoms with van der Waals surface area (Å²) in [6, 6.07) is 0. The van der Waals surface area contributed by atoms with Gasteiger partial charge in [0.05, 0.1) is 19.8 Å². The zero-order chi connectivity index (χ0) is 21.8. The Labute approximate surface area is 197 Å². The van der Waals surface area contributed by atoms with Gasteiger partial charge in [-0.3, -0.25) is 14.4 Å². The van der Waals surface area contributed by atoms with Crippen LogP contribution in [0.1, 0.15) is 0 Å². The van der Waals surface area contributed by atoms with Crippen molar-refractivity contribution in [1.82, 2.24) is 16.0 Å². The maximum absolute atomic E-state index is 10.1. The van der Waals surface area contributed by atoms with E-state index in [0.29, 0.717) is 0 Å². The van der Waals surface area contributed by atoms with E-state index in [1.807, 2.05) is 16.0 Å². The van der Waals surface area contributed by atoms with Crippen LogP contribution in [0, 0.1) is 0 Å². The Hall–Kier alpha value is -1.81. The Morgan fingerprint density at radius 3 is 0.828 bits per heavy atom. The monoisotopic (exact) mass is 474 g/mol. The van der Waals surface area contributed by atoms with E-state index in [2.05, 4.69) is 0 Å². The van der Waals surface area contributed by atoms with Gasteiger partial charge in [-0.25, -0.2) is 0 Å². The molecule has 0 aliphatic rings. The molecular weight excluding hydrogens is 454 g/mol. The molecule has 0 atom stereocenters. The predicted octanol–water partition coefficient (Wildman–Crippen LogP) is -6.98. The van der Waals surface area contributed by atoms with Gasteiger partial charge in [0.25, 0.3) is 17.7 Å². The van der Waals surface area contributed by atoms with Gasteiger partial charge in [-0.2, -0.15) is 0 Å². The molecule has 0 fully saturated rings. The van der Waals surface area contributed by atoms with Crippen LogP contribution < -0.4 is 45.5 Å². The van der Waals surface area contributed by atoms with Crippen molar-refractivity contribution in [2.45, 2.75) is 0 Å². The van der Waals surface area contributed by atoms with Crippen molar-refractivity contribution in [2.75, 3.05) is 39.5 Å². The number of aliphatic hydroxyl groups excluding tert-OH is 3. The molecule has 9 N–H and O–H groups in total. The van der Waals surface area contributed by atoms with Gasteiger partial charge in [-0.15, -0.1) is 0 Å². The molecule has 0 aliphatic carbocycles. The van der Waals surface area contributed by atoms with Gasteiger partial charge < -0.3 is 62.9 Å². The van der Waals surface area contributed by atoms with Gasteiger partial charge in [0.2, 0.25) is 0 Å². The van der Waals surface area contributed by atoms with E-state index < -0.39 is 35.4 Å². The second kappa shape index (κ2) is 26.2. The number of hydrogen-bond acceptors (Lipinski definition) is 9. The molecule has 0 saturated carbocycles. The molecule has 0 heterocycles. The Bertz CT molecular complexity index is 453. The van der Waals surface area contributed by atoms with E-state index in [1.165, 1.54) is 0 Å². The molecule has 0 aromatic rings. The van der Waals surface area contributed by atoms with Crippen molar-refractivity contribution in [3.8, 4) is 0 Å². The first-order valence-electron chi connectivity index (χ1n) is 6.98. The Balaban J connectivity index is -0.0000000960. The second-order valence-electron chi connectivity index (χ2n) is 3.93. The summed E-state index contributed by atoms with van der Waals surface area (Å²) in [6.45, 7) is -0.618. The number of rotatable bonds is 6. The maximum atomic E-state index is 10.1. The average molecular weight is 475 g/mol. The van der Waals surface area contributed by atoms with Crippen LogP contribution >= 0.6 is 0 Å². The summed E-state index contributed by atoms with van der Waals surface area (Å²) in [5, 5.41) is 30.3. The van der Waals surface area contributed by atoms with Gasteiger partial charge in [0, 0.05) is 19.6 Å². The third-order valence-electron chi connectivity index (χ3n) is 1.81. The standard InChI is InChI=1S/3C4H8N2O3.Na.Ni/c3*5-3(8)4(9)6-1-2-7;;/h3*7H,1-2H2,(H3,5,6,8,9);;/q;;;+1;+2/p-3. The minimum atomic E-state index is -1.29. The summed E-state index contributed by atoms with van der Waals surface area (Å²) in [6.07, 6.45) is 0. The first kappa shape index (κ1) is 37.9. The molecule has 29 heavy (non-hydrogen) atoms. The van der Waals surface area contributed by atoms with Crippen molar-refractivity contribution in [3.05, 3.63) is 17.2 Å². The van der Waals surface area contributed by atoms with Crippen molar-refractivity contribution < 1.29 is 90.1 Å². The predicted molar refractivity (Wildman–Crippen MR) is 88.3 cm³/mol. The van der Waals surface area contributed by atoms with Crippen LogP contribution in [0.5, 0.6) is 0 Å². The van der Waals surface area contributed by atoms with E-state index >= 15 is 0 Å². The molecule has 0 bridgehead atoms. The van der Waals surface area contributed by atoms with E-state index in [-0.39, 0.29) is 85.5 Å². The van der Waals surface area contributed by atoms with Crippen molar-refractivity contribution in [2.24, 2.45) is 0 Å². The number of nitrogens with one attached hydrogen (secondary N) is 6. The molecule has 15 nitrogen and oxygen atoms in total. The van der Waals surface area contributed by atoms with Gasteiger partial charge >= 0.3 is 46.0 Å². The molecule has 0 unspecified atom stereocenters. The largest absolute Gasteiger partial charge is 2.00 e. The van der Waals surface area contributed by atoms with Gasteiger partial charge in [0.1, 0.15) is 17.7 Å². The number of aliphatic hydroxyl groups is 3. The average Bonchev–Trinajstić information content (AvgIpc) is 2.62. The van der Waals surface area contributed by atoms with Crippen LogP contribution in [0.4, 0.5) is 0 Å². The first-order valence-corrected chi connectivity index (χ1v) is 6.98. The zero-order valence-electron chi connectivity index (χ0n) is 15.3. The van der Waals surface area contributed by atoms with Gasteiger partial charge in [-0.1, -0.05) is 0 Å². The molecule has 17 heteroatoms. The third-order valence-corrected chi connectivity index (χ3v) is 1.81. The number of amides is 6. The molecule has 0 spiro atoms. The summed E-state index contributed by atoms with van der Waals surface area (Å²) in [5.41, 5.74) is 18.7. The van der Waals surface area contributed by atoms with Crippen LogP contribution in [0.25, 0.3) is 17.2 Å². The number of carbonyl (C=O) groups is 6. The quantitative estimate of drug-likeness (QED) is 0.157. The van der Waals surface area contributed by atoms with Gasteiger partial charge in [0.15, 0.2) is 0 Å². The van der Waals surface area contributed by atoms with Crippen LogP contribution in [0.15, 0.2) is 0 Å². The molecule has 0 aromatic carbocycles. The fourth-order valence-corrected chi connectivity index (χ4v) is 0.749. The molecule has 164 valence electrons. The van der Waals surface area contributed by atoms with Crippen LogP contribution in [0.2, 0.25) is 0 Å². The van der Waals surface area contributed by atoms with E-state index in [0.717, 1.165) is 0 Å². The third kappa shape index (κ3) is 31.1. The van der Waals surface area contributed by atoms with Crippen LogP contribution in [-0.4, -0.2) is 90.2 Å². The summed E-state index contributed by atoms with van der Waals surface area (Å²) < 4.78 is 0. The Kier molecular flexibility index (Phi) is 34.2. The molecule has 0 aromatic heterocycles. The SMILES string of the molecule is [NH-]C(=O)C(=O)NCCO.[NH-]C(=O)C(=O)NCCO.[NH-]C(=O)C(=O)NCCO.[Na+].[Ni+2]. The number of hydrogen-bond donors (Lipinski definition) is 6. The molecule has 0 aliphatic heterocycles. The molecule has 0 rings (SSSR count). The number of carbonyl (C=O) groups excluding carboxylic acids is 6. The normalized spacial score (nSPS) is 7.97. The van der Waals surface area contributed by atoms with Crippen LogP contribution in [0.3, 0.4) is 0 Å². The van der Waals surface area contributed by atoms with Gasteiger partial charge in [-0.05, 0) is 0 Å². The smallest absolute Gasteiger partial charge is 0.659 e. The Morgan fingerprint density at radius 1 is 0.552 bits per heavy atom.